The van der Waals surface area contributed by atoms with Gasteiger partial charge in [0.15, 0.2) is 5.43 Å². The summed E-state index contributed by atoms with van der Waals surface area (Å²) in [7, 11) is 6.55. The zero-order chi connectivity index (χ0) is 18.2. The summed E-state index contributed by atoms with van der Waals surface area (Å²) in [5.74, 6) is 0.839. The van der Waals surface area contributed by atoms with Crippen molar-refractivity contribution in [1.29, 1.82) is 0 Å². The molecule has 0 spiro atoms. The quantitative estimate of drug-likeness (QED) is 0.374. The standard InChI is InChI=1S/C21H26NO2S.ClH/c1-14-15(2)21-17(13-18(14)24-12-8-11-22(3,4)5)20(23)16-9-6-7-10-19(16)25-21;/h6-7,9-10,13H,8,11-12H2,1-5H3;1H/q+1;/p-1. The topological polar surface area (TPSA) is 26.3 Å². The summed E-state index contributed by atoms with van der Waals surface area (Å²) in [6.45, 7) is 5.90. The van der Waals surface area contributed by atoms with Crippen LogP contribution in [0.1, 0.15) is 17.5 Å². The molecule has 0 atom stereocenters. The Morgan fingerprint density at radius 1 is 1.04 bits per heavy atom. The van der Waals surface area contributed by atoms with E-state index in [4.69, 9.17) is 4.74 Å². The number of ether oxygens (including phenoxy) is 1. The first-order valence-electron chi connectivity index (χ1n) is 8.67. The molecule has 0 radical (unpaired) electrons. The number of quaternary nitrogens is 1. The number of nitrogens with zero attached hydrogens (tertiary/aromatic N) is 1. The Kier molecular flexibility index (Phi) is 6.33. The number of benzene rings is 2. The molecule has 3 aromatic rings. The largest absolute Gasteiger partial charge is 1.00 e. The molecule has 0 fully saturated rings. The molecule has 3 rings (SSSR count). The van der Waals surface area contributed by atoms with E-state index in [2.05, 4.69) is 35.0 Å². The zero-order valence-corrected chi connectivity index (χ0v) is 17.6. The molecule has 5 heteroatoms. The van der Waals surface area contributed by atoms with Crippen molar-refractivity contribution in [2.24, 2.45) is 0 Å². The monoisotopic (exact) mass is 391 g/mol. The van der Waals surface area contributed by atoms with Crippen LogP contribution >= 0.6 is 11.3 Å². The van der Waals surface area contributed by atoms with Crippen molar-refractivity contribution in [3.8, 4) is 5.75 Å². The summed E-state index contributed by atoms with van der Waals surface area (Å²) < 4.78 is 9.08. The normalized spacial score (nSPS) is 11.6. The Morgan fingerprint density at radius 3 is 2.42 bits per heavy atom. The summed E-state index contributed by atoms with van der Waals surface area (Å²) in [4.78, 5) is 12.9. The predicted molar refractivity (Wildman–Crippen MR) is 108 cm³/mol. The van der Waals surface area contributed by atoms with Crippen molar-refractivity contribution in [1.82, 2.24) is 0 Å². The van der Waals surface area contributed by atoms with Crippen LogP contribution in [0.15, 0.2) is 35.1 Å². The SMILES string of the molecule is Cc1c(OCCC[N+](C)(C)C)cc2c(=O)c3ccccc3sc2c1C.[Cl-]. The van der Waals surface area contributed by atoms with Gasteiger partial charge in [-0.3, -0.25) is 4.79 Å². The van der Waals surface area contributed by atoms with E-state index in [-0.39, 0.29) is 17.8 Å². The number of hydrogen-bond acceptors (Lipinski definition) is 3. The Labute approximate surface area is 165 Å². The molecule has 140 valence electrons. The minimum absolute atomic E-state index is 0. The minimum Gasteiger partial charge on any atom is -1.00 e. The minimum atomic E-state index is 0. The lowest BCUT2D eigenvalue weighted by molar-refractivity contribution is -0.870. The Balaban J connectivity index is 0.00000243. The molecule has 0 saturated carbocycles. The summed E-state index contributed by atoms with van der Waals surface area (Å²) in [6, 6.07) is 9.77. The van der Waals surface area contributed by atoms with E-state index in [1.807, 2.05) is 30.3 Å². The fourth-order valence-corrected chi connectivity index (χ4v) is 4.24. The van der Waals surface area contributed by atoms with Gasteiger partial charge in [0.1, 0.15) is 5.75 Å². The van der Waals surface area contributed by atoms with Crippen LogP contribution in [-0.2, 0) is 0 Å². The van der Waals surface area contributed by atoms with Crippen LogP contribution in [0.25, 0.3) is 20.2 Å². The molecular weight excluding hydrogens is 366 g/mol. The first-order chi connectivity index (χ1) is 11.8. The van der Waals surface area contributed by atoms with E-state index in [1.165, 1.54) is 0 Å². The average molecular weight is 392 g/mol. The number of rotatable bonds is 5. The van der Waals surface area contributed by atoms with E-state index in [1.54, 1.807) is 11.3 Å². The third-order valence-electron chi connectivity index (χ3n) is 4.61. The molecule has 1 heterocycles. The van der Waals surface area contributed by atoms with Crippen LogP contribution in [0.2, 0.25) is 0 Å². The van der Waals surface area contributed by atoms with Gasteiger partial charge in [-0.05, 0) is 43.2 Å². The molecule has 1 aromatic heterocycles. The van der Waals surface area contributed by atoms with Gasteiger partial charge in [0.2, 0.25) is 0 Å². The van der Waals surface area contributed by atoms with Crippen LogP contribution in [0, 0.1) is 13.8 Å². The Bertz CT molecular complexity index is 989. The van der Waals surface area contributed by atoms with Crippen molar-refractivity contribution in [2.45, 2.75) is 20.3 Å². The second kappa shape index (κ2) is 7.95. The van der Waals surface area contributed by atoms with Gasteiger partial charge in [-0.15, -0.1) is 11.3 Å². The maximum atomic E-state index is 12.9. The van der Waals surface area contributed by atoms with E-state index < -0.39 is 0 Å². The summed E-state index contributed by atoms with van der Waals surface area (Å²) in [5.41, 5.74) is 2.37. The smallest absolute Gasteiger partial charge is 0.196 e. The number of fused-ring (bicyclic) bond motifs is 2. The highest BCUT2D eigenvalue weighted by atomic mass is 35.5. The van der Waals surface area contributed by atoms with Crippen LogP contribution in [0.3, 0.4) is 0 Å². The number of aryl methyl sites for hydroxylation is 1. The fourth-order valence-electron chi connectivity index (χ4n) is 3.03. The average Bonchev–Trinajstić information content (AvgIpc) is 2.56. The fraction of sp³-hybridized carbons (Fsp3) is 0.381. The highest BCUT2D eigenvalue weighted by Crippen LogP contribution is 2.33. The molecule has 0 aliphatic carbocycles. The highest BCUT2D eigenvalue weighted by Gasteiger charge is 2.14. The molecule has 26 heavy (non-hydrogen) atoms. The maximum absolute atomic E-state index is 12.9. The lowest BCUT2D eigenvalue weighted by atomic mass is 10.1. The van der Waals surface area contributed by atoms with E-state index >= 15 is 0 Å². The van der Waals surface area contributed by atoms with Crippen LogP contribution < -0.4 is 22.6 Å². The van der Waals surface area contributed by atoms with Gasteiger partial charge in [0.05, 0.1) is 34.3 Å². The van der Waals surface area contributed by atoms with Crippen molar-refractivity contribution in [3.05, 3.63) is 51.7 Å². The summed E-state index contributed by atoms with van der Waals surface area (Å²) in [5, 5.41) is 1.56. The van der Waals surface area contributed by atoms with Gasteiger partial charge in [-0.1, -0.05) is 12.1 Å². The lowest BCUT2D eigenvalue weighted by Gasteiger charge is -2.23. The highest BCUT2D eigenvalue weighted by molar-refractivity contribution is 7.24. The molecule has 2 aromatic carbocycles. The zero-order valence-electron chi connectivity index (χ0n) is 16.1. The third-order valence-corrected chi connectivity index (χ3v) is 5.92. The maximum Gasteiger partial charge on any atom is 0.196 e. The van der Waals surface area contributed by atoms with Gasteiger partial charge in [0.25, 0.3) is 0 Å². The molecule has 0 aliphatic rings. The van der Waals surface area contributed by atoms with E-state index in [0.717, 1.165) is 54.5 Å². The number of hydrogen-bond donors (Lipinski definition) is 0. The second-order valence-electron chi connectivity index (χ2n) is 7.64. The van der Waals surface area contributed by atoms with Gasteiger partial charge in [-0.2, -0.15) is 0 Å². The van der Waals surface area contributed by atoms with Crippen molar-refractivity contribution >= 4 is 31.5 Å². The van der Waals surface area contributed by atoms with E-state index in [9.17, 15) is 4.79 Å². The van der Waals surface area contributed by atoms with Gasteiger partial charge >= 0.3 is 0 Å². The molecule has 3 nitrogen and oxygen atoms in total. The van der Waals surface area contributed by atoms with Crippen molar-refractivity contribution < 1.29 is 21.6 Å². The molecule has 0 saturated heterocycles. The Hall–Kier alpha value is -1.62. The predicted octanol–water partition coefficient (Wildman–Crippen LogP) is 1.51. The van der Waals surface area contributed by atoms with Gasteiger partial charge in [0, 0.05) is 26.6 Å². The number of halogens is 1. The summed E-state index contributed by atoms with van der Waals surface area (Å²) in [6.07, 6.45) is 0.991. The molecular formula is C21H26ClNO2S. The second-order valence-corrected chi connectivity index (χ2v) is 8.70. The first-order valence-corrected chi connectivity index (χ1v) is 9.48. The molecule has 0 amide bonds. The molecule has 0 bridgehead atoms. The van der Waals surface area contributed by atoms with Crippen molar-refractivity contribution in [2.75, 3.05) is 34.3 Å². The molecule has 0 unspecified atom stereocenters. The van der Waals surface area contributed by atoms with Gasteiger partial charge in [-0.25, -0.2) is 0 Å². The van der Waals surface area contributed by atoms with Crippen LogP contribution in [-0.4, -0.2) is 38.8 Å². The Morgan fingerprint density at radius 2 is 1.73 bits per heavy atom. The van der Waals surface area contributed by atoms with Gasteiger partial charge < -0.3 is 21.6 Å². The third kappa shape index (κ3) is 4.20. The van der Waals surface area contributed by atoms with E-state index in [0.29, 0.717) is 6.61 Å². The van der Waals surface area contributed by atoms with Crippen molar-refractivity contribution in [3.63, 3.8) is 0 Å². The first kappa shape index (κ1) is 20.7. The molecule has 0 aliphatic heterocycles. The van der Waals surface area contributed by atoms with Crippen LogP contribution in [0.5, 0.6) is 5.75 Å². The lowest BCUT2D eigenvalue weighted by Crippen LogP contribution is -3.00. The van der Waals surface area contributed by atoms with Crippen LogP contribution in [0.4, 0.5) is 0 Å². The summed E-state index contributed by atoms with van der Waals surface area (Å²) >= 11 is 1.69. The molecule has 0 N–H and O–H groups in total.